The molecule has 0 aromatic rings. The van der Waals surface area contributed by atoms with Gasteiger partial charge in [0.1, 0.15) is 0 Å². The van der Waals surface area contributed by atoms with Gasteiger partial charge in [-0.1, -0.05) is 39.7 Å². The molecule has 0 radical (unpaired) electrons. The summed E-state index contributed by atoms with van der Waals surface area (Å²) in [6.45, 7) is 7.51. The molecule has 0 unspecified atom stereocenters. The molecule has 0 spiro atoms. The summed E-state index contributed by atoms with van der Waals surface area (Å²) in [5, 5.41) is 0. The Kier molecular flexibility index (Phi) is 6.32. The molecule has 0 amide bonds. The predicted molar refractivity (Wildman–Crippen MR) is 47.0 cm³/mol. The third-order valence-corrected chi connectivity index (χ3v) is 1.82. The molecule has 0 aliphatic heterocycles. The van der Waals surface area contributed by atoms with Crippen LogP contribution in [0, 0.1) is 5.92 Å². The first-order valence-electron chi connectivity index (χ1n) is 4.28. The van der Waals surface area contributed by atoms with Gasteiger partial charge in [-0.2, -0.15) is 0 Å². The Morgan fingerprint density at radius 3 is 2.40 bits per heavy atom. The predicted octanol–water partition coefficient (Wildman–Crippen LogP) is 3.54. The van der Waals surface area contributed by atoms with Crippen LogP contribution in [0.5, 0.6) is 0 Å². The maximum absolute atomic E-state index is 3.51. The Morgan fingerprint density at radius 1 is 1.50 bits per heavy atom. The van der Waals surface area contributed by atoms with Crippen molar-refractivity contribution in [1.29, 1.82) is 0 Å². The highest BCUT2D eigenvalue weighted by Crippen LogP contribution is 2.29. The molecule has 1 saturated carbocycles. The van der Waals surface area contributed by atoms with Crippen molar-refractivity contribution in [2.24, 2.45) is 5.92 Å². The van der Waals surface area contributed by atoms with Crippen molar-refractivity contribution in [1.82, 2.24) is 0 Å². The van der Waals surface area contributed by atoms with Crippen LogP contribution in [-0.2, 0) is 0 Å². The zero-order valence-electron chi connectivity index (χ0n) is 7.19. The first-order chi connectivity index (χ1) is 4.93. The number of hydrogen-bond donors (Lipinski definition) is 0. The average Bonchev–Trinajstić information content (AvgIpc) is 1.90. The van der Waals surface area contributed by atoms with Gasteiger partial charge in [0.05, 0.1) is 0 Å². The summed E-state index contributed by atoms with van der Waals surface area (Å²) >= 11 is 0. The van der Waals surface area contributed by atoms with E-state index in [1.54, 1.807) is 0 Å². The highest BCUT2D eigenvalue weighted by molar-refractivity contribution is 4.82. The van der Waals surface area contributed by atoms with Crippen LogP contribution in [0.25, 0.3) is 0 Å². The van der Waals surface area contributed by atoms with Gasteiger partial charge in [-0.05, 0) is 18.4 Å². The Balaban J connectivity index is 0.000000371. The zero-order chi connectivity index (χ0) is 7.82. The second kappa shape index (κ2) is 6.64. The SMILES string of the molecule is C=C=CCC1CCC1.CC. The van der Waals surface area contributed by atoms with Crippen LogP contribution in [-0.4, -0.2) is 0 Å². The van der Waals surface area contributed by atoms with E-state index in [1.165, 1.54) is 25.7 Å². The fourth-order valence-electron chi connectivity index (χ4n) is 0.979. The molecule has 0 heteroatoms. The largest absolute Gasteiger partial charge is 0.133 e. The quantitative estimate of drug-likeness (QED) is 0.512. The summed E-state index contributed by atoms with van der Waals surface area (Å²) in [4.78, 5) is 0. The lowest BCUT2D eigenvalue weighted by atomic mass is 9.83. The fourth-order valence-corrected chi connectivity index (χ4v) is 0.979. The number of hydrogen-bond acceptors (Lipinski definition) is 0. The van der Waals surface area contributed by atoms with Crippen molar-refractivity contribution in [3.8, 4) is 0 Å². The first kappa shape index (κ1) is 9.52. The van der Waals surface area contributed by atoms with Crippen molar-refractivity contribution in [3.63, 3.8) is 0 Å². The lowest BCUT2D eigenvalue weighted by Crippen LogP contribution is -2.08. The van der Waals surface area contributed by atoms with Crippen molar-refractivity contribution >= 4 is 0 Å². The molecular formula is C10H18. The standard InChI is InChI=1S/C8H12.C2H6/c1-2-3-5-8-6-4-7-8;1-2/h3,8H,1,4-7H2;1-2H3. The van der Waals surface area contributed by atoms with Crippen molar-refractivity contribution < 1.29 is 0 Å². The van der Waals surface area contributed by atoms with Crippen molar-refractivity contribution in [3.05, 3.63) is 18.4 Å². The molecule has 0 aromatic heterocycles. The van der Waals surface area contributed by atoms with E-state index in [0.29, 0.717) is 0 Å². The number of allylic oxidation sites excluding steroid dienone is 1. The molecule has 0 aromatic carbocycles. The molecule has 0 saturated heterocycles. The molecule has 10 heavy (non-hydrogen) atoms. The van der Waals surface area contributed by atoms with Crippen LogP contribution in [0.3, 0.4) is 0 Å². The van der Waals surface area contributed by atoms with Crippen LogP contribution in [0.4, 0.5) is 0 Å². The fraction of sp³-hybridized carbons (Fsp3) is 0.700. The Labute approximate surface area is 64.6 Å². The number of rotatable bonds is 2. The van der Waals surface area contributed by atoms with Gasteiger partial charge in [0.25, 0.3) is 0 Å². The van der Waals surface area contributed by atoms with Gasteiger partial charge in [0.2, 0.25) is 0 Å². The van der Waals surface area contributed by atoms with Gasteiger partial charge in [-0.25, -0.2) is 0 Å². The van der Waals surface area contributed by atoms with Gasteiger partial charge in [0, 0.05) is 0 Å². The van der Waals surface area contributed by atoms with E-state index in [2.05, 4.69) is 12.3 Å². The van der Waals surface area contributed by atoms with E-state index in [4.69, 9.17) is 0 Å². The van der Waals surface area contributed by atoms with E-state index in [-0.39, 0.29) is 0 Å². The van der Waals surface area contributed by atoms with Crippen molar-refractivity contribution in [2.75, 3.05) is 0 Å². The molecule has 1 aliphatic rings. The van der Waals surface area contributed by atoms with Gasteiger partial charge >= 0.3 is 0 Å². The second-order valence-electron chi connectivity index (χ2n) is 2.44. The van der Waals surface area contributed by atoms with Gasteiger partial charge < -0.3 is 0 Å². The topological polar surface area (TPSA) is 0 Å². The van der Waals surface area contributed by atoms with E-state index >= 15 is 0 Å². The van der Waals surface area contributed by atoms with E-state index in [9.17, 15) is 0 Å². The minimum atomic E-state index is 0.976. The summed E-state index contributed by atoms with van der Waals surface area (Å²) in [5.74, 6) is 0.976. The zero-order valence-corrected chi connectivity index (χ0v) is 7.19. The maximum Gasteiger partial charge on any atom is -0.0246 e. The summed E-state index contributed by atoms with van der Waals surface area (Å²) < 4.78 is 0. The highest BCUT2D eigenvalue weighted by atomic mass is 14.2. The van der Waals surface area contributed by atoms with E-state index < -0.39 is 0 Å². The molecule has 58 valence electrons. The second-order valence-corrected chi connectivity index (χ2v) is 2.44. The molecule has 1 aliphatic carbocycles. The average molecular weight is 138 g/mol. The maximum atomic E-state index is 3.51. The molecule has 0 bridgehead atoms. The van der Waals surface area contributed by atoms with E-state index in [1.807, 2.05) is 19.9 Å². The molecule has 0 atom stereocenters. The molecular weight excluding hydrogens is 120 g/mol. The highest BCUT2D eigenvalue weighted by Gasteiger charge is 2.14. The summed E-state index contributed by atoms with van der Waals surface area (Å²) in [7, 11) is 0. The monoisotopic (exact) mass is 138 g/mol. The lowest BCUT2D eigenvalue weighted by Gasteiger charge is -2.22. The third kappa shape index (κ3) is 3.53. The summed E-state index contributed by atoms with van der Waals surface area (Å²) in [6.07, 6.45) is 7.55. The van der Waals surface area contributed by atoms with Gasteiger partial charge in [-0.15, -0.1) is 5.73 Å². The Hall–Kier alpha value is -0.480. The van der Waals surface area contributed by atoms with Crippen LogP contribution in [0.15, 0.2) is 18.4 Å². The normalized spacial score (nSPS) is 15.8. The smallest absolute Gasteiger partial charge is 0.0246 e. The minimum Gasteiger partial charge on any atom is -0.133 e. The van der Waals surface area contributed by atoms with Gasteiger partial charge in [-0.3, -0.25) is 0 Å². The Bertz CT molecular complexity index is 103. The lowest BCUT2D eigenvalue weighted by molar-refractivity contribution is 0.319. The summed E-state index contributed by atoms with van der Waals surface area (Å²) in [6, 6.07) is 0. The van der Waals surface area contributed by atoms with Crippen LogP contribution in [0.2, 0.25) is 0 Å². The molecule has 0 N–H and O–H groups in total. The molecule has 1 rings (SSSR count). The third-order valence-electron chi connectivity index (χ3n) is 1.82. The molecule has 1 fully saturated rings. The van der Waals surface area contributed by atoms with Crippen LogP contribution < -0.4 is 0 Å². The van der Waals surface area contributed by atoms with Crippen LogP contribution in [0.1, 0.15) is 39.5 Å². The first-order valence-corrected chi connectivity index (χ1v) is 4.28. The summed E-state index contributed by atoms with van der Waals surface area (Å²) in [5.41, 5.74) is 2.79. The van der Waals surface area contributed by atoms with Crippen molar-refractivity contribution in [2.45, 2.75) is 39.5 Å². The Morgan fingerprint density at radius 2 is 2.10 bits per heavy atom. The minimum absolute atomic E-state index is 0.976. The molecule has 0 heterocycles. The van der Waals surface area contributed by atoms with Crippen LogP contribution >= 0.6 is 0 Å². The molecule has 0 nitrogen and oxygen atoms in total. The van der Waals surface area contributed by atoms with E-state index in [0.717, 1.165) is 5.92 Å². The van der Waals surface area contributed by atoms with Gasteiger partial charge in [0.15, 0.2) is 0 Å².